The van der Waals surface area contributed by atoms with Gasteiger partial charge in [-0.2, -0.15) is 5.26 Å². The Kier molecular flexibility index (Phi) is 12.0. The fraction of sp³-hybridized carbons (Fsp3) is 0.629. The van der Waals surface area contributed by atoms with Crippen LogP contribution in [-0.2, 0) is 11.2 Å². The largest absolute Gasteiger partial charge is 0.437 e. The van der Waals surface area contributed by atoms with Crippen LogP contribution in [-0.4, -0.2) is 65.3 Å². The van der Waals surface area contributed by atoms with Crippen LogP contribution in [0, 0.1) is 17.2 Å². The van der Waals surface area contributed by atoms with Gasteiger partial charge in [0.05, 0.1) is 11.6 Å². The molecule has 0 radical (unpaired) electrons. The van der Waals surface area contributed by atoms with Gasteiger partial charge in [0.2, 0.25) is 0 Å². The van der Waals surface area contributed by atoms with Crippen molar-refractivity contribution in [2.75, 3.05) is 26.2 Å². The molecule has 1 aliphatic carbocycles. The van der Waals surface area contributed by atoms with Crippen molar-refractivity contribution in [2.45, 2.75) is 111 Å². The third kappa shape index (κ3) is 8.68. The first-order valence-corrected chi connectivity index (χ1v) is 15.9. The summed E-state index contributed by atoms with van der Waals surface area (Å²) in [6.45, 7) is 14.5. The van der Waals surface area contributed by atoms with Gasteiger partial charge in [-0.1, -0.05) is 25.1 Å². The zero-order valence-electron chi connectivity index (χ0n) is 27.2. The Morgan fingerprint density at radius 3 is 2.51 bits per heavy atom. The van der Waals surface area contributed by atoms with Crippen molar-refractivity contribution < 1.29 is 18.3 Å². The maximum Gasteiger partial charge on any atom is 0.410 e. The highest BCUT2D eigenvalue weighted by Crippen LogP contribution is 2.42. The number of alkyl halides is 2. The molecule has 1 unspecified atom stereocenters. The minimum Gasteiger partial charge on any atom is -0.437 e. The van der Waals surface area contributed by atoms with Gasteiger partial charge in [-0.15, -0.1) is 0 Å². The molecule has 1 saturated heterocycles. The van der Waals surface area contributed by atoms with Gasteiger partial charge in [0.25, 0.3) is 5.92 Å². The van der Waals surface area contributed by atoms with Gasteiger partial charge in [-0.05, 0) is 109 Å². The number of piperazine rings is 1. The molecule has 0 N–H and O–H groups in total. The summed E-state index contributed by atoms with van der Waals surface area (Å²) in [6.07, 6.45) is 7.29. The first-order chi connectivity index (χ1) is 20.4. The monoisotopic (exact) mass is 596 g/mol. The summed E-state index contributed by atoms with van der Waals surface area (Å²) in [7, 11) is 0. The van der Waals surface area contributed by atoms with Crippen molar-refractivity contribution in [2.24, 2.45) is 10.9 Å². The molecule has 2 aliphatic rings. The van der Waals surface area contributed by atoms with E-state index in [1.165, 1.54) is 50.3 Å². The molecule has 1 atom stereocenters. The van der Waals surface area contributed by atoms with Crippen molar-refractivity contribution in [1.82, 2.24) is 9.80 Å². The molecule has 1 saturated carbocycles. The van der Waals surface area contributed by atoms with E-state index in [1.807, 2.05) is 18.2 Å². The quantitative estimate of drug-likeness (QED) is 0.130. The summed E-state index contributed by atoms with van der Waals surface area (Å²) >= 11 is 0. The Bertz CT molecular complexity index is 1260. The van der Waals surface area contributed by atoms with Crippen molar-refractivity contribution in [1.29, 1.82) is 5.26 Å². The third-order valence-corrected chi connectivity index (χ3v) is 8.79. The van der Waals surface area contributed by atoms with Crippen LogP contribution in [0.15, 0.2) is 52.2 Å². The number of carbonyl (C=O) groups excluding carboxylic acids is 1. The number of carbonyl (C=O) groups is 1. The van der Waals surface area contributed by atoms with Crippen LogP contribution in [0.1, 0.15) is 98.1 Å². The Hall–Kier alpha value is -3.21. The first kappa shape index (κ1) is 34.3. The average Bonchev–Trinajstić information content (AvgIpc) is 3.82. The molecule has 1 aromatic rings. The maximum absolute atomic E-state index is 14.4. The van der Waals surface area contributed by atoms with E-state index in [0.717, 1.165) is 37.1 Å². The van der Waals surface area contributed by atoms with Gasteiger partial charge < -0.3 is 14.5 Å². The van der Waals surface area contributed by atoms with E-state index in [2.05, 4.69) is 50.8 Å². The molecule has 1 aromatic carbocycles. The number of amides is 1. The number of benzene rings is 1. The summed E-state index contributed by atoms with van der Waals surface area (Å²) in [6, 6.07) is 10.0. The smallest absolute Gasteiger partial charge is 0.410 e. The Balaban J connectivity index is 1.77. The highest BCUT2D eigenvalue weighted by molar-refractivity contribution is 6.04. The van der Waals surface area contributed by atoms with E-state index < -0.39 is 24.0 Å². The topological polar surface area (TPSA) is 68.9 Å². The van der Waals surface area contributed by atoms with Gasteiger partial charge in [-0.3, -0.25) is 4.99 Å². The number of ether oxygens (including phenoxy) is 1. The Morgan fingerprint density at radius 1 is 1.21 bits per heavy atom. The van der Waals surface area contributed by atoms with Crippen molar-refractivity contribution in [3.05, 3.63) is 58.3 Å². The molecule has 236 valence electrons. The molecule has 3 rings (SSSR count). The Labute approximate surface area is 257 Å². The van der Waals surface area contributed by atoms with Crippen LogP contribution in [0.4, 0.5) is 13.6 Å². The van der Waals surface area contributed by atoms with E-state index in [-0.39, 0.29) is 6.04 Å². The number of unbranched alkanes of at least 4 members (excludes halogenated alkanes) is 1. The summed E-state index contributed by atoms with van der Waals surface area (Å²) in [4.78, 5) is 21.9. The lowest BCUT2D eigenvalue weighted by molar-refractivity contribution is -0.169. The molecule has 0 aromatic heterocycles. The Morgan fingerprint density at radius 2 is 1.93 bits per heavy atom. The van der Waals surface area contributed by atoms with Gasteiger partial charge >= 0.3 is 6.09 Å². The SMILES string of the molecule is C/C=C(\C(C(CCCCc1cccc(C#N)c1)=NCC)=C(\C)N1CCN(C(=O)OC(C)(C)C(F)(F)CC)CC1C)C1CC1. The van der Waals surface area contributed by atoms with Crippen LogP contribution in [0.2, 0.25) is 0 Å². The highest BCUT2D eigenvalue weighted by Gasteiger charge is 2.49. The van der Waals surface area contributed by atoms with Gasteiger partial charge in [0.15, 0.2) is 5.60 Å². The summed E-state index contributed by atoms with van der Waals surface area (Å²) in [5.41, 5.74) is 4.86. The zero-order chi connectivity index (χ0) is 31.8. The number of nitrogens with zero attached hydrogens (tertiary/aromatic N) is 4. The summed E-state index contributed by atoms with van der Waals surface area (Å²) in [5.74, 6) is -2.56. The number of halogens is 2. The van der Waals surface area contributed by atoms with E-state index in [0.29, 0.717) is 37.7 Å². The molecule has 8 heteroatoms. The first-order valence-electron chi connectivity index (χ1n) is 15.9. The van der Waals surface area contributed by atoms with Gasteiger partial charge in [0.1, 0.15) is 0 Å². The molecular weight excluding hydrogens is 546 g/mol. The minimum atomic E-state index is -3.11. The molecule has 0 spiro atoms. The van der Waals surface area contributed by atoms with Crippen LogP contribution >= 0.6 is 0 Å². The van der Waals surface area contributed by atoms with Crippen molar-refractivity contribution >= 4 is 11.8 Å². The predicted octanol–water partition coefficient (Wildman–Crippen LogP) is 8.33. The summed E-state index contributed by atoms with van der Waals surface area (Å²) < 4.78 is 34.2. The van der Waals surface area contributed by atoms with E-state index in [9.17, 15) is 18.8 Å². The number of rotatable bonds is 13. The molecular formula is C35H50F2N4O2. The number of aliphatic imine (C=N–C) groups is 1. The molecule has 1 heterocycles. The number of nitriles is 1. The predicted molar refractivity (Wildman–Crippen MR) is 169 cm³/mol. The van der Waals surface area contributed by atoms with Crippen molar-refractivity contribution in [3.63, 3.8) is 0 Å². The second-order valence-electron chi connectivity index (χ2n) is 12.3. The lowest BCUT2D eigenvalue weighted by Crippen LogP contribution is -2.55. The number of aryl methyl sites for hydroxylation is 1. The molecule has 1 aliphatic heterocycles. The average molecular weight is 597 g/mol. The molecule has 2 fully saturated rings. The fourth-order valence-corrected chi connectivity index (χ4v) is 6.00. The van der Waals surface area contributed by atoms with E-state index in [4.69, 9.17) is 9.73 Å². The van der Waals surface area contributed by atoms with Crippen LogP contribution in [0.3, 0.4) is 0 Å². The lowest BCUT2D eigenvalue weighted by Gasteiger charge is -2.43. The van der Waals surface area contributed by atoms with E-state index in [1.54, 1.807) is 4.90 Å². The van der Waals surface area contributed by atoms with E-state index >= 15 is 0 Å². The minimum absolute atomic E-state index is 0.0151. The zero-order valence-corrected chi connectivity index (χ0v) is 27.2. The normalized spacial score (nSPS) is 19.2. The van der Waals surface area contributed by atoms with Crippen LogP contribution in [0.5, 0.6) is 0 Å². The second kappa shape index (κ2) is 15.0. The van der Waals surface area contributed by atoms with Gasteiger partial charge in [0, 0.05) is 55.6 Å². The molecule has 0 bridgehead atoms. The standard InChI is InChI=1S/C35H50F2N4O2/c1-8-30(29-18-19-29)32(31(39-10-3)17-12-11-14-27-15-13-16-28(22-27)23-38)26(5)41-21-20-40(24-25(41)4)33(42)43-34(6,7)35(36,37)9-2/h8,13,15-16,22,25,29H,9-12,14,17-21,24H2,1-7H3/b30-8-,32-26+,39-31?. The highest BCUT2D eigenvalue weighted by atomic mass is 19.3. The summed E-state index contributed by atoms with van der Waals surface area (Å²) in [5, 5.41) is 9.22. The van der Waals surface area contributed by atoms with Crippen LogP contribution in [0.25, 0.3) is 0 Å². The van der Waals surface area contributed by atoms with Gasteiger partial charge in [-0.25, -0.2) is 13.6 Å². The molecule has 1 amide bonds. The third-order valence-electron chi connectivity index (χ3n) is 8.79. The number of hydrogen-bond acceptors (Lipinski definition) is 5. The fourth-order valence-electron chi connectivity index (χ4n) is 6.00. The molecule has 6 nitrogen and oxygen atoms in total. The lowest BCUT2D eigenvalue weighted by atomic mass is 9.90. The molecule has 43 heavy (non-hydrogen) atoms. The van der Waals surface area contributed by atoms with Crippen molar-refractivity contribution in [3.8, 4) is 6.07 Å². The van der Waals surface area contributed by atoms with Crippen LogP contribution < -0.4 is 0 Å². The number of hydrogen-bond donors (Lipinski definition) is 0. The second-order valence-corrected chi connectivity index (χ2v) is 12.3. The maximum atomic E-state index is 14.4. The number of allylic oxidation sites excluding steroid dienone is 4.